The summed E-state index contributed by atoms with van der Waals surface area (Å²) in [7, 11) is 0. The summed E-state index contributed by atoms with van der Waals surface area (Å²) in [5.74, 6) is 0. The molecule has 1 aromatic heterocycles. The average Bonchev–Trinajstić information content (AvgIpc) is 3.13. The Kier molecular flexibility index (Phi) is 5.11. The van der Waals surface area contributed by atoms with E-state index in [2.05, 4.69) is 63.7 Å². The summed E-state index contributed by atoms with van der Waals surface area (Å²) in [4.78, 5) is 5.73. The maximum Gasteiger partial charge on any atom is 0.0594 e. The summed E-state index contributed by atoms with van der Waals surface area (Å²) in [6.45, 7) is 6.55. The molecule has 1 aliphatic rings. The number of hydrogen-bond acceptors (Lipinski definition) is 3. The van der Waals surface area contributed by atoms with Gasteiger partial charge < -0.3 is 15.0 Å². The van der Waals surface area contributed by atoms with Crippen LogP contribution in [0, 0.1) is 0 Å². The minimum absolute atomic E-state index is 0.853. The highest BCUT2D eigenvalue weighted by molar-refractivity contribution is 5.82. The van der Waals surface area contributed by atoms with Crippen LogP contribution in [0.5, 0.6) is 0 Å². The van der Waals surface area contributed by atoms with Gasteiger partial charge in [-0.2, -0.15) is 0 Å². The number of ether oxygens (including phenoxy) is 1. The second-order valence-corrected chi connectivity index (χ2v) is 6.67. The topological polar surface area (TPSA) is 40.3 Å². The Morgan fingerprint density at radius 3 is 2.72 bits per heavy atom. The Bertz CT molecular complexity index is 821. The second kappa shape index (κ2) is 7.83. The van der Waals surface area contributed by atoms with E-state index in [1.807, 2.05) is 6.20 Å². The molecule has 4 rings (SSSR count). The first-order valence-corrected chi connectivity index (χ1v) is 9.02. The monoisotopic (exact) mass is 335 g/mol. The third-order valence-corrected chi connectivity index (χ3v) is 4.83. The minimum atomic E-state index is 0.853. The van der Waals surface area contributed by atoms with E-state index in [0.29, 0.717) is 0 Å². The Morgan fingerprint density at radius 1 is 0.960 bits per heavy atom. The van der Waals surface area contributed by atoms with Crippen LogP contribution in [0.1, 0.15) is 16.7 Å². The van der Waals surface area contributed by atoms with Crippen molar-refractivity contribution in [3.8, 4) is 0 Å². The zero-order valence-electron chi connectivity index (χ0n) is 14.5. The van der Waals surface area contributed by atoms with Crippen molar-refractivity contribution in [3.63, 3.8) is 0 Å². The highest BCUT2D eigenvalue weighted by atomic mass is 16.5. The maximum atomic E-state index is 5.43. The van der Waals surface area contributed by atoms with Crippen molar-refractivity contribution < 1.29 is 4.74 Å². The first kappa shape index (κ1) is 16.3. The van der Waals surface area contributed by atoms with Crippen molar-refractivity contribution in [3.05, 3.63) is 71.4 Å². The number of benzene rings is 2. The van der Waals surface area contributed by atoms with Crippen LogP contribution < -0.4 is 5.32 Å². The fourth-order valence-corrected chi connectivity index (χ4v) is 3.50. The van der Waals surface area contributed by atoms with Gasteiger partial charge in [0.1, 0.15) is 0 Å². The standard InChI is InChI=1S/C21H25N3O/c1-3-17(13-18(4-1)16-24-9-11-25-12-10-24)14-22-15-19-5-2-6-21-20(19)7-8-23-21/h1-8,13,22-23H,9-12,14-16H2. The van der Waals surface area contributed by atoms with Gasteiger partial charge >= 0.3 is 0 Å². The molecule has 0 aliphatic carbocycles. The lowest BCUT2D eigenvalue weighted by molar-refractivity contribution is 0.0342. The Balaban J connectivity index is 1.35. The fraction of sp³-hybridized carbons (Fsp3) is 0.333. The van der Waals surface area contributed by atoms with Gasteiger partial charge in [-0.15, -0.1) is 0 Å². The molecule has 0 bridgehead atoms. The number of aromatic nitrogens is 1. The number of nitrogens with one attached hydrogen (secondary N) is 2. The van der Waals surface area contributed by atoms with Crippen LogP contribution in [0.2, 0.25) is 0 Å². The molecule has 4 nitrogen and oxygen atoms in total. The Morgan fingerprint density at radius 2 is 1.80 bits per heavy atom. The highest BCUT2D eigenvalue weighted by Crippen LogP contribution is 2.17. The Hall–Kier alpha value is -2.14. The van der Waals surface area contributed by atoms with Gasteiger partial charge in [-0.25, -0.2) is 0 Å². The van der Waals surface area contributed by atoms with Gasteiger partial charge in [0.15, 0.2) is 0 Å². The summed E-state index contributed by atoms with van der Waals surface area (Å²) < 4.78 is 5.43. The lowest BCUT2D eigenvalue weighted by Gasteiger charge is -2.26. The SMILES string of the molecule is c1cc(CNCc2cccc3[nH]ccc23)cc(CN2CCOCC2)c1. The van der Waals surface area contributed by atoms with E-state index in [1.54, 1.807) is 0 Å². The molecule has 3 aromatic rings. The smallest absolute Gasteiger partial charge is 0.0594 e. The minimum Gasteiger partial charge on any atom is -0.379 e. The van der Waals surface area contributed by atoms with Gasteiger partial charge in [0.25, 0.3) is 0 Å². The molecule has 4 heteroatoms. The lowest BCUT2D eigenvalue weighted by atomic mass is 10.1. The van der Waals surface area contributed by atoms with Crippen molar-refractivity contribution in [2.24, 2.45) is 0 Å². The summed E-state index contributed by atoms with van der Waals surface area (Å²) in [5.41, 5.74) is 5.26. The van der Waals surface area contributed by atoms with Crippen molar-refractivity contribution >= 4 is 10.9 Å². The third-order valence-electron chi connectivity index (χ3n) is 4.83. The molecule has 1 aliphatic heterocycles. The first-order valence-electron chi connectivity index (χ1n) is 9.02. The highest BCUT2D eigenvalue weighted by Gasteiger charge is 2.10. The predicted molar refractivity (Wildman–Crippen MR) is 101 cm³/mol. The van der Waals surface area contributed by atoms with E-state index < -0.39 is 0 Å². The number of aromatic amines is 1. The first-order chi connectivity index (χ1) is 12.4. The molecule has 0 atom stereocenters. The van der Waals surface area contributed by atoms with Crippen LogP contribution in [-0.2, 0) is 24.4 Å². The van der Waals surface area contributed by atoms with Crippen molar-refractivity contribution in [1.29, 1.82) is 0 Å². The number of nitrogens with zero attached hydrogens (tertiary/aromatic N) is 1. The normalized spacial score (nSPS) is 15.7. The van der Waals surface area contributed by atoms with Gasteiger partial charge in [-0.3, -0.25) is 4.90 Å². The zero-order chi connectivity index (χ0) is 16.9. The number of morpholine rings is 1. The van der Waals surface area contributed by atoms with Gasteiger partial charge in [0.05, 0.1) is 13.2 Å². The third kappa shape index (κ3) is 4.10. The average molecular weight is 335 g/mol. The maximum absolute atomic E-state index is 5.43. The molecule has 2 N–H and O–H groups in total. The van der Waals surface area contributed by atoms with Crippen molar-refractivity contribution in [2.75, 3.05) is 26.3 Å². The number of H-pyrrole nitrogens is 1. The predicted octanol–water partition coefficient (Wildman–Crippen LogP) is 3.29. The van der Waals surface area contributed by atoms with Crippen LogP contribution in [-0.4, -0.2) is 36.2 Å². The summed E-state index contributed by atoms with van der Waals surface area (Å²) >= 11 is 0. The summed E-state index contributed by atoms with van der Waals surface area (Å²) in [6.07, 6.45) is 2.00. The van der Waals surface area contributed by atoms with E-state index in [0.717, 1.165) is 45.9 Å². The van der Waals surface area contributed by atoms with E-state index in [9.17, 15) is 0 Å². The molecule has 2 aromatic carbocycles. The number of rotatable bonds is 6. The van der Waals surface area contributed by atoms with E-state index in [1.165, 1.54) is 27.6 Å². The zero-order valence-corrected chi connectivity index (χ0v) is 14.5. The molecule has 0 radical (unpaired) electrons. The Labute approximate surface area is 148 Å². The molecule has 0 saturated carbocycles. The molecule has 2 heterocycles. The molecular weight excluding hydrogens is 310 g/mol. The second-order valence-electron chi connectivity index (χ2n) is 6.67. The van der Waals surface area contributed by atoms with E-state index in [-0.39, 0.29) is 0 Å². The van der Waals surface area contributed by atoms with E-state index >= 15 is 0 Å². The van der Waals surface area contributed by atoms with Crippen LogP contribution in [0.15, 0.2) is 54.7 Å². The molecule has 25 heavy (non-hydrogen) atoms. The molecule has 1 saturated heterocycles. The summed E-state index contributed by atoms with van der Waals surface area (Å²) in [5, 5.41) is 4.89. The van der Waals surface area contributed by atoms with Gasteiger partial charge in [0.2, 0.25) is 0 Å². The lowest BCUT2D eigenvalue weighted by Crippen LogP contribution is -2.35. The molecular formula is C21H25N3O. The van der Waals surface area contributed by atoms with Gasteiger partial charge in [-0.05, 0) is 28.8 Å². The van der Waals surface area contributed by atoms with Crippen LogP contribution in [0.3, 0.4) is 0 Å². The number of hydrogen-bond donors (Lipinski definition) is 2. The van der Waals surface area contributed by atoms with Gasteiger partial charge in [-0.1, -0.05) is 36.4 Å². The molecule has 1 fully saturated rings. The molecule has 0 amide bonds. The largest absolute Gasteiger partial charge is 0.379 e. The molecule has 0 unspecified atom stereocenters. The molecule has 130 valence electrons. The van der Waals surface area contributed by atoms with Crippen LogP contribution in [0.25, 0.3) is 10.9 Å². The van der Waals surface area contributed by atoms with Crippen molar-refractivity contribution in [1.82, 2.24) is 15.2 Å². The van der Waals surface area contributed by atoms with Crippen LogP contribution in [0.4, 0.5) is 0 Å². The molecule has 0 spiro atoms. The van der Waals surface area contributed by atoms with Crippen molar-refractivity contribution in [2.45, 2.75) is 19.6 Å². The van der Waals surface area contributed by atoms with Crippen LogP contribution >= 0.6 is 0 Å². The summed E-state index contributed by atoms with van der Waals surface area (Å²) in [6, 6.07) is 17.5. The quantitative estimate of drug-likeness (QED) is 0.726. The van der Waals surface area contributed by atoms with Gasteiger partial charge in [0, 0.05) is 49.8 Å². The number of fused-ring (bicyclic) bond motifs is 1. The fourth-order valence-electron chi connectivity index (χ4n) is 3.50. The van der Waals surface area contributed by atoms with E-state index in [4.69, 9.17) is 4.74 Å².